The molecule has 2 rings (SSSR count). The van der Waals surface area contributed by atoms with Gasteiger partial charge in [-0.2, -0.15) is 0 Å². The second kappa shape index (κ2) is 9.18. The summed E-state index contributed by atoms with van der Waals surface area (Å²) in [5, 5.41) is 5.20. The Hall–Kier alpha value is -2.40. The zero-order chi connectivity index (χ0) is 18.2. The largest absolute Gasteiger partial charge is 0.462 e. The fourth-order valence-corrected chi connectivity index (χ4v) is 3.23. The van der Waals surface area contributed by atoms with Crippen LogP contribution in [-0.4, -0.2) is 18.5 Å². The quantitative estimate of drug-likeness (QED) is 0.417. The van der Waals surface area contributed by atoms with Gasteiger partial charge in [-0.1, -0.05) is 49.2 Å². The van der Waals surface area contributed by atoms with Gasteiger partial charge in [0.25, 0.3) is 0 Å². The second-order valence-corrected chi connectivity index (χ2v) is 6.80. The van der Waals surface area contributed by atoms with Crippen molar-refractivity contribution in [3.63, 3.8) is 0 Å². The van der Waals surface area contributed by atoms with Crippen molar-refractivity contribution in [2.45, 2.75) is 33.6 Å². The highest BCUT2D eigenvalue weighted by atomic mass is 32.1. The molecule has 0 saturated heterocycles. The number of nitrogens with one attached hydrogen (secondary N) is 1. The number of rotatable bonds is 7. The number of esters is 1. The molecule has 2 aromatic rings. The van der Waals surface area contributed by atoms with E-state index in [9.17, 15) is 9.59 Å². The van der Waals surface area contributed by atoms with Gasteiger partial charge in [0.2, 0.25) is 5.91 Å². The van der Waals surface area contributed by atoms with Gasteiger partial charge in [-0.25, -0.2) is 4.79 Å². The third-order valence-electron chi connectivity index (χ3n) is 3.47. The predicted octanol–water partition coefficient (Wildman–Crippen LogP) is 5.28. The maximum Gasteiger partial charge on any atom is 0.341 e. The molecule has 4 nitrogen and oxygen atoms in total. The first-order valence-electron chi connectivity index (χ1n) is 8.32. The monoisotopic (exact) mass is 357 g/mol. The van der Waals surface area contributed by atoms with E-state index in [0.29, 0.717) is 17.2 Å². The number of allylic oxidation sites excluding steroid dienone is 1. The highest BCUT2D eigenvalue weighted by Gasteiger charge is 2.22. The number of hydrogen-bond acceptors (Lipinski definition) is 4. The summed E-state index contributed by atoms with van der Waals surface area (Å²) in [6.07, 6.45) is 3.27. The molecular weight excluding hydrogens is 334 g/mol. The highest BCUT2D eigenvalue weighted by molar-refractivity contribution is 7.15. The van der Waals surface area contributed by atoms with Crippen LogP contribution in [0.15, 0.2) is 47.4 Å². The van der Waals surface area contributed by atoms with Crippen LogP contribution >= 0.6 is 11.3 Å². The van der Waals surface area contributed by atoms with Gasteiger partial charge in [0.1, 0.15) is 10.6 Å². The molecule has 1 amide bonds. The first-order chi connectivity index (χ1) is 12.0. The van der Waals surface area contributed by atoms with Crippen LogP contribution < -0.4 is 5.32 Å². The first kappa shape index (κ1) is 18.9. The maximum absolute atomic E-state index is 12.6. The topological polar surface area (TPSA) is 55.4 Å². The van der Waals surface area contributed by atoms with Gasteiger partial charge >= 0.3 is 5.97 Å². The normalized spacial score (nSPS) is 10.2. The zero-order valence-electron chi connectivity index (χ0n) is 14.8. The number of thiophene rings is 1. The predicted molar refractivity (Wildman–Crippen MR) is 103 cm³/mol. The van der Waals surface area contributed by atoms with Crippen LogP contribution in [0.25, 0.3) is 11.1 Å². The van der Waals surface area contributed by atoms with Gasteiger partial charge < -0.3 is 10.1 Å². The lowest BCUT2D eigenvalue weighted by Crippen LogP contribution is -2.13. The molecule has 25 heavy (non-hydrogen) atoms. The summed E-state index contributed by atoms with van der Waals surface area (Å²) >= 11 is 1.33. The molecule has 1 aromatic heterocycles. The van der Waals surface area contributed by atoms with E-state index < -0.39 is 5.97 Å². The molecule has 1 aromatic carbocycles. The summed E-state index contributed by atoms with van der Waals surface area (Å²) in [4.78, 5) is 24.7. The molecule has 132 valence electrons. The Morgan fingerprint density at radius 3 is 2.56 bits per heavy atom. The molecular formula is C20H23NO3S. The molecule has 0 atom stereocenters. The number of hydrogen-bond donors (Lipinski definition) is 1. The summed E-state index contributed by atoms with van der Waals surface area (Å²) in [6, 6.07) is 9.63. The van der Waals surface area contributed by atoms with Crippen LogP contribution in [0.5, 0.6) is 0 Å². The van der Waals surface area contributed by atoms with E-state index in [-0.39, 0.29) is 5.91 Å². The third kappa shape index (κ3) is 5.29. The molecule has 0 aliphatic heterocycles. The first-order valence-corrected chi connectivity index (χ1v) is 9.20. The molecule has 0 fully saturated rings. The van der Waals surface area contributed by atoms with Crippen molar-refractivity contribution in [1.29, 1.82) is 0 Å². The summed E-state index contributed by atoms with van der Waals surface area (Å²) in [6.45, 7) is 6.12. The molecule has 0 aliphatic carbocycles. The number of ether oxygens (including phenoxy) is 1. The maximum atomic E-state index is 12.6. The minimum atomic E-state index is -0.402. The lowest BCUT2D eigenvalue weighted by molar-refractivity contribution is -0.111. The number of benzene rings is 1. The standard InChI is InChI=1S/C20H23NO3S/c1-4-5-11-24-20(23)18-16(15-9-7-6-8-10-15)13-25-19(18)21-17(22)12-14(2)3/h6-10,12-13H,4-5,11H2,1-3H3,(H,21,22). The van der Waals surface area contributed by atoms with Gasteiger partial charge in [-0.3, -0.25) is 4.79 Å². The van der Waals surface area contributed by atoms with Crippen molar-refractivity contribution in [2.24, 2.45) is 0 Å². The lowest BCUT2D eigenvalue weighted by atomic mass is 10.0. The molecule has 0 radical (unpaired) electrons. The summed E-state index contributed by atoms with van der Waals surface area (Å²) in [7, 11) is 0. The Kier molecular flexibility index (Phi) is 6.95. The Bertz CT molecular complexity index is 759. The van der Waals surface area contributed by atoms with Gasteiger partial charge in [-0.05, 0) is 25.8 Å². The third-order valence-corrected chi connectivity index (χ3v) is 4.36. The molecule has 5 heteroatoms. The number of carbonyl (C=O) groups is 2. The van der Waals surface area contributed by atoms with E-state index in [1.807, 2.05) is 56.5 Å². The van der Waals surface area contributed by atoms with Crippen molar-refractivity contribution < 1.29 is 14.3 Å². The van der Waals surface area contributed by atoms with Crippen molar-refractivity contribution in [1.82, 2.24) is 0 Å². The van der Waals surface area contributed by atoms with Crippen molar-refractivity contribution in [3.05, 3.63) is 52.9 Å². The van der Waals surface area contributed by atoms with Crippen LogP contribution in [0.1, 0.15) is 44.0 Å². The second-order valence-electron chi connectivity index (χ2n) is 5.92. The Labute approximate surface area is 152 Å². The van der Waals surface area contributed by atoms with Gasteiger partial charge in [0.05, 0.1) is 6.61 Å². The average Bonchev–Trinajstić information content (AvgIpc) is 2.98. The van der Waals surface area contributed by atoms with E-state index in [1.165, 1.54) is 17.4 Å². The van der Waals surface area contributed by atoms with Crippen molar-refractivity contribution >= 4 is 28.2 Å². The molecule has 0 spiro atoms. The molecule has 1 N–H and O–H groups in total. The number of unbranched alkanes of at least 4 members (excludes halogenated alkanes) is 1. The smallest absolute Gasteiger partial charge is 0.341 e. The SMILES string of the molecule is CCCCOC(=O)c1c(-c2ccccc2)csc1NC(=O)C=C(C)C. The zero-order valence-corrected chi connectivity index (χ0v) is 15.6. The van der Waals surface area contributed by atoms with E-state index in [1.54, 1.807) is 0 Å². The number of anilines is 1. The minimum Gasteiger partial charge on any atom is -0.462 e. The Balaban J connectivity index is 2.36. The van der Waals surface area contributed by atoms with E-state index in [2.05, 4.69) is 5.32 Å². The van der Waals surface area contributed by atoms with Gasteiger partial charge in [-0.15, -0.1) is 11.3 Å². The Morgan fingerprint density at radius 2 is 1.92 bits per heavy atom. The molecule has 0 unspecified atom stereocenters. The summed E-state index contributed by atoms with van der Waals surface area (Å²) < 4.78 is 5.39. The minimum absolute atomic E-state index is 0.246. The van der Waals surface area contributed by atoms with Crippen molar-refractivity contribution in [2.75, 3.05) is 11.9 Å². The highest BCUT2D eigenvalue weighted by Crippen LogP contribution is 2.36. The van der Waals surface area contributed by atoms with Crippen molar-refractivity contribution in [3.8, 4) is 11.1 Å². The number of amides is 1. The van der Waals surface area contributed by atoms with Crippen LogP contribution in [0.2, 0.25) is 0 Å². The van der Waals surface area contributed by atoms with E-state index in [0.717, 1.165) is 29.5 Å². The fourth-order valence-electron chi connectivity index (χ4n) is 2.27. The summed E-state index contributed by atoms with van der Waals surface area (Å²) in [5.41, 5.74) is 3.01. The van der Waals surface area contributed by atoms with Crippen LogP contribution in [0.4, 0.5) is 5.00 Å². The number of carbonyl (C=O) groups excluding carboxylic acids is 2. The molecule has 1 heterocycles. The van der Waals surface area contributed by atoms with E-state index in [4.69, 9.17) is 4.74 Å². The average molecular weight is 357 g/mol. The molecule has 0 aliphatic rings. The fraction of sp³-hybridized carbons (Fsp3) is 0.300. The Morgan fingerprint density at radius 1 is 1.20 bits per heavy atom. The van der Waals surface area contributed by atoms with Gasteiger partial charge in [0.15, 0.2) is 0 Å². The van der Waals surface area contributed by atoms with Crippen LogP contribution in [0.3, 0.4) is 0 Å². The summed E-state index contributed by atoms with van der Waals surface area (Å²) in [5.74, 6) is -0.648. The lowest BCUT2D eigenvalue weighted by Gasteiger charge is -2.09. The van der Waals surface area contributed by atoms with Crippen LogP contribution in [-0.2, 0) is 9.53 Å². The molecule has 0 saturated carbocycles. The molecule has 0 bridgehead atoms. The van der Waals surface area contributed by atoms with Gasteiger partial charge in [0, 0.05) is 17.0 Å². The van der Waals surface area contributed by atoms with E-state index >= 15 is 0 Å². The van der Waals surface area contributed by atoms with Crippen LogP contribution in [0, 0.1) is 0 Å².